The minimum atomic E-state index is -3.77. The van der Waals surface area contributed by atoms with Gasteiger partial charge in [0.2, 0.25) is 0 Å². The number of sulfonamides is 1. The Morgan fingerprint density at radius 3 is 2.16 bits per heavy atom. The number of anilines is 2. The Balaban J connectivity index is 1.80. The lowest BCUT2D eigenvalue weighted by Gasteiger charge is -2.23. The molecule has 0 radical (unpaired) electrons. The second-order valence-corrected chi connectivity index (χ2v) is 9.22. The highest BCUT2D eigenvalue weighted by Gasteiger charge is 2.23. The summed E-state index contributed by atoms with van der Waals surface area (Å²) in [7, 11) is -3.77. The van der Waals surface area contributed by atoms with Gasteiger partial charge in [-0.2, -0.15) is 0 Å². The lowest BCUT2D eigenvalue weighted by Crippen LogP contribution is -2.30. The molecule has 0 unspecified atom stereocenters. The number of nitrogens with zero attached hydrogens (tertiary/aromatic N) is 1. The van der Waals surface area contributed by atoms with Gasteiger partial charge in [-0.25, -0.2) is 17.2 Å². The molecule has 0 spiro atoms. The number of carbonyl (C=O) groups excluding carboxylic acids is 1. The van der Waals surface area contributed by atoms with Crippen LogP contribution in [-0.4, -0.2) is 27.1 Å². The normalized spacial score (nSPS) is 11.2. The van der Waals surface area contributed by atoms with Crippen LogP contribution in [0.15, 0.2) is 76.5 Å². The number of amides is 1. The van der Waals surface area contributed by atoms with Crippen LogP contribution in [0.25, 0.3) is 0 Å². The monoisotopic (exact) mass is 462 g/mol. The molecule has 0 atom stereocenters. The van der Waals surface area contributed by atoms with Crippen molar-refractivity contribution in [3.05, 3.63) is 83.9 Å². The first-order valence-electron chi connectivity index (χ1n) is 9.29. The zero-order valence-corrected chi connectivity index (χ0v) is 18.4. The van der Waals surface area contributed by atoms with E-state index in [1.807, 2.05) is 6.26 Å². The van der Waals surface area contributed by atoms with Crippen molar-refractivity contribution >= 4 is 39.1 Å². The highest BCUT2D eigenvalue weighted by molar-refractivity contribution is 7.98. The first kappa shape index (κ1) is 22.8. The van der Waals surface area contributed by atoms with E-state index in [0.717, 1.165) is 17.0 Å². The minimum absolute atomic E-state index is 0.111. The second kappa shape index (κ2) is 9.49. The molecule has 162 valence electrons. The van der Waals surface area contributed by atoms with Gasteiger partial charge in [0, 0.05) is 28.8 Å². The van der Waals surface area contributed by atoms with Gasteiger partial charge in [0.1, 0.15) is 0 Å². The Labute approximate surface area is 184 Å². The molecule has 1 amide bonds. The maximum atomic E-state index is 13.3. The van der Waals surface area contributed by atoms with Gasteiger partial charge in [-0.1, -0.05) is 0 Å². The Morgan fingerprint density at radius 2 is 1.61 bits per heavy atom. The molecule has 0 aromatic heterocycles. The van der Waals surface area contributed by atoms with Crippen LogP contribution in [0.4, 0.5) is 20.2 Å². The molecule has 0 bridgehead atoms. The average molecular weight is 463 g/mol. The SMILES string of the molecule is CCN(c1ccc(C(=O)Nc2ccc(F)c(F)c2)cc1)S(=O)(=O)c1ccc(SC)cc1. The third-order valence-corrected chi connectivity index (χ3v) is 7.19. The molecule has 0 fully saturated rings. The predicted molar refractivity (Wildman–Crippen MR) is 119 cm³/mol. The van der Waals surface area contributed by atoms with Crippen molar-refractivity contribution in [2.24, 2.45) is 0 Å². The number of halogens is 2. The van der Waals surface area contributed by atoms with E-state index in [2.05, 4.69) is 5.32 Å². The van der Waals surface area contributed by atoms with E-state index in [1.54, 1.807) is 31.2 Å². The van der Waals surface area contributed by atoms with E-state index in [0.29, 0.717) is 5.69 Å². The van der Waals surface area contributed by atoms with E-state index in [4.69, 9.17) is 0 Å². The summed E-state index contributed by atoms with van der Waals surface area (Å²) in [6.45, 7) is 1.92. The van der Waals surface area contributed by atoms with Crippen LogP contribution in [0.5, 0.6) is 0 Å². The number of nitrogens with one attached hydrogen (secondary N) is 1. The van der Waals surface area contributed by atoms with Gasteiger partial charge in [-0.3, -0.25) is 9.10 Å². The van der Waals surface area contributed by atoms with E-state index in [9.17, 15) is 22.0 Å². The maximum absolute atomic E-state index is 13.3. The molecule has 0 saturated heterocycles. The molecule has 3 aromatic rings. The van der Waals surface area contributed by atoms with Gasteiger partial charge >= 0.3 is 0 Å². The van der Waals surface area contributed by atoms with E-state index < -0.39 is 27.6 Å². The number of carbonyl (C=O) groups is 1. The fourth-order valence-corrected chi connectivity index (χ4v) is 4.80. The smallest absolute Gasteiger partial charge is 0.264 e. The summed E-state index contributed by atoms with van der Waals surface area (Å²) < 4.78 is 53.7. The summed E-state index contributed by atoms with van der Waals surface area (Å²) in [5, 5.41) is 2.48. The second-order valence-electron chi connectivity index (χ2n) is 6.48. The third-order valence-electron chi connectivity index (χ3n) is 4.53. The topological polar surface area (TPSA) is 66.5 Å². The Kier molecular flexibility index (Phi) is 6.97. The average Bonchev–Trinajstić information content (AvgIpc) is 2.77. The lowest BCUT2D eigenvalue weighted by molar-refractivity contribution is 0.102. The van der Waals surface area contributed by atoms with Crippen LogP contribution in [-0.2, 0) is 10.0 Å². The van der Waals surface area contributed by atoms with Crippen LogP contribution in [0.1, 0.15) is 17.3 Å². The summed E-state index contributed by atoms with van der Waals surface area (Å²) in [6, 6.07) is 15.7. The van der Waals surface area contributed by atoms with Crippen molar-refractivity contribution in [3.8, 4) is 0 Å². The van der Waals surface area contributed by atoms with Crippen LogP contribution in [0, 0.1) is 11.6 Å². The predicted octanol–water partition coefficient (Wildman–Crippen LogP) is 5.15. The minimum Gasteiger partial charge on any atom is -0.322 e. The summed E-state index contributed by atoms with van der Waals surface area (Å²) in [5.74, 6) is -2.61. The van der Waals surface area contributed by atoms with Crippen molar-refractivity contribution in [1.82, 2.24) is 0 Å². The molecule has 0 heterocycles. The van der Waals surface area contributed by atoms with Gasteiger partial charge in [0.05, 0.1) is 10.6 Å². The molecular weight excluding hydrogens is 442 g/mol. The first-order chi connectivity index (χ1) is 14.8. The van der Waals surface area contributed by atoms with Crippen LogP contribution < -0.4 is 9.62 Å². The highest BCUT2D eigenvalue weighted by Crippen LogP contribution is 2.26. The summed E-state index contributed by atoms with van der Waals surface area (Å²) in [5.41, 5.74) is 0.756. The number of hydrogen-bond donors (Lipinski definition) is 1. The molecule has 3 aromatic carbocycles. The largest absolute Gasteiger partial charge is 0.322 e. The van der Waals surface area contributed by atoms with Gasteiger partial charge in [0.25, 0.3) is 15.9 Å². The summed E-state index contributed by atoms with van der Waals surface area (Å²) in [6.07, 6.45) is 1.91. The third kappa shape index (κ3) is 5.05. The molecule has 3 rings (SSSR count). The van der Waals surface area contributed by atoms with Gasteiger partial charge in [-0.15, -0.1) is 11.8 Å². The maximum Gasteiger partial charge on any atom is 0.264 e. The van der Waals surface area contributed by atoms with E-state index in [1.165, 1.54) is 46.4 Å². The molecule has 0 aliphatic rings. The summed E-state index contributed by atoms with van der Waals surface area (Å²) >= 11 is 1.52. The van der Waals surface area contributed by atoms with Gasteiger partial charge in [0.15, 0.2) is 11.6 Å². The van der Waals surface area contributed by atoms with Crippen molar-refractivity contribution in [2.45, 2.75) is 16.7 Å². The molecule has 1 N–H and O–H groups in total. The van der Waals surface area contributed by atoms with Crippen molar-refractivity contribution in [2.75, 3.05) is 22.4 Å². The van der Waals surface area contributed by atoms with Crippen molar-refractivity contribution < 1.29 is 22.0 Å². The van der Waals surface area contributed by atoms with Gasteiger partial charge < -0.3 is 5.32 Å². The summed E-state index contributed by atoms with van der Waals surface area (Å²) in [4.78, 5) is 13.5. The number of thioether (sulfide) groups is 1. The van der Waals surface area contributed by atoms with Crippen LogP contribution >= 0.6 is 11.8 Å². The van der Waals surface area contributed by atoms with E-state index in [-0.39, 0.29) is 22.7 Å². The van der Waals surface area contributed by atoms with Crippen molar-refractivity contribution in [3.63, 3.8) is 0 Å². The molecule has 31 heavy (non-hydrogen) atoms. The molecule has 0 saturated carbocycles. The number of hydrogen-bond acceptors (Lipinski definition) is 4. The highest BCUT2D eigenvalue weighted by atomic mass is 32.2. The zero-order chi connectivity index (χ0) is 22.6. The molecule has 0 aliphatic carbocycles. The molecule has 5 nitrogen and oxygen atoms in total. The van der Waals surface area contributed by atoms with Crippen molar-refractivity contribution in [1.29, 1.82) is 0 Å². The molecule has 0 aliphatic heterocycles. The van der Waals surface area contributed by atoms with Crippen LogP contribution in [0.2, 0.25) is 0 Å². The number of benzene rings is 3. The fraction of sp³-hybridized carbons (Fsp3) is 0.136. The standard InChI is InChI=1S/C22H20F2N2O3S2/c1-3-26(31(28,29)19-11-9-18(30-2)10-12-19)17-7-4-15(5-8-17)22(27)25-16-6-13-20(23)21(24)14-16/h4-14H,3H2,1-2H3,(H,25,27). The van der Waals surface area contributed by atoms with Crippen LogP contribution in [0.3, 0.4) is 0 Å². The lowest BCUT2D eigenvalue weighted by atomic mass is 10.2. The fourth-order valence-electron chi connectivity index (χ4n) is 2.92. The Bertz CT molecular complexity index is 1180. The quantitative estimate of drug-likeness (QED) is 0.493. The zero-order valence-electron chi connectivity index (χ0n) is 16.8. The Hall–Kier alpha value is -2.91. The molecular formula is C22H20F2N2O3S2. The van der Waals surface area contributed by atoms with E-state index >= 15 is 0 Å². The first-order valence-corrected chi connectivity index (χ1v) is 12.0. The molecule has 9 heteroatoms. The number of rotatable bonds is 7. The Morgan fingerprint density at radius 1 is 0.968 bits per heavy atom. The van der Waals surface area contributed by atoms with Gasteiger partial charge in [-0.05, 0) is 73.8 Å².